The van der Waals surface area contributed by atoms with Gasteiger partial charge in [0.1, 0.15) is 0 Å². The molecule has 0 aliphatic carbocycles. The molecule has 0 aromatic rings. The van der Waals surface area contributed by atoms with E-state index < -0.39 is 18.4 Å². The molecule has 0 nitrogen and oxygen atoms in total. The molecule has 1 heteroatoms. The Hall–Kier alpha value is 0.799. The van der Waals surface area contributed by atoms with E-state index in [2.05, 4.69) is 27.7 Å². The van der Waals surface area contributed by atoms with E-state index in [0.29, 0.717) is 0 Å². The van der Waals surface area contributed by atoms with Crippen LogP contribution in [-0.4, -0.2) is 18.4 Å². The number of rotatable bonds is 18. The van der Waals surface area contributed by atoms with Crippen LogP contribution in [0, 0.1) is 0 Å². The monoisotopic (exact) mass is 432 g/mol. The Morgan fingerprint density at radius 3 is 1.04 bits per heavy atom. The zero-order chi connectivity index (χ0) is 17.2. The van der Waals surface area contributed by atoms with Crippen molar-refractivity contribution in [2.24, 2.45) is 0 Å². The molecule has 0 aromatic heterocycles. The van der Waals surface area contributed by atoms with Gasteiger partial charge in [0.2, 0.25) is 0 Å². The van der Waals surface area contributed by atoms with Gasteiger partial charge < -0.3 is 0 Å². The van der Waals surface area contributed by atoms with Crippen LogP contribution in [0.2, 0.25) is 17.7 Å². The molecule has 0 amide bonds. The summed E-state index contributed by atoms with van der Waals surface area (Å²) in [6, 6.07) is 0. The second-order valence-corrected chi connectivity index (χ2v) is 22.3. The van der Waals surface area contributed by atoms with Gasteiger partial charge in [-0.3, -0.25) is 0 Å². The van der Waals surface area contributed by atoms with Crippen LogP contribution in [0.3, 0.4) is 0 Å². The molecule has 0 N–H and O–H groups in total. The Bertz CT molecular complexity index is 200. The predicted molar refractivity (Wildman–Crippen MR) is 112 cm³/mol. The van der Waals surface area contributed by atoms with Gasteiger partial charge >= 0.3 is 154 Å². The SMILES string of the molecule is CCCCCCC[CH2][Sn]([CH2]CC)([CH2]CC)[CH2]CCCCCCC. The third-order valence-corrected chi connectivity index (χ3v) is 22.7. The summed E-state index contributed by atoms with van der Waals surface area (Å²) < 4.78 is 6.81. The fourth-order valence-corrected chi connectivity index (χ4v) is 20.4. The molecule has 0 atom stereocenters. The van der Waals surface area contributed by atoms with Crippen molar-refractivity contribution in [3.05, 3.63) is 0 Å². The summed E-state index contributed by atoms with van der Waals surface area (Å²) in [6.45, 7) is 9.54. The average molecular weight is 431 g/mol. The molecule has 0 bridgehead atoms. The minimum atomic E-state index is -1.77. The standard InChI is InChI=1S/2C8H17.2C3H7.Sn/c2*1-3-5-7-8-6-4-2;2*1-3-2;/h2*1,3-8H2,2H3;2*1,3H2,2H3;. The van der Waals surface area contributed by atoms with Gasteiger partial charge in [-0.15, -0.1) is 0 Å². The molecule has 0 aliphatic rings. The maximum atomic E-state index is 2.45. The first kappa shape index (κ1) is 23.8. The van der Waals surface area contributed by atoms with Gasteiger partial charge in [0.15, 0.2) is 0 Å². The summed E-state index contributed by atoms with van der Waals surface area (Å²) in [4.78, 5) is 0. The van der Waals surface area contributed by atoms with Crippen LogP contribution in [-0.2, 0) is 0 Å². The van der Waals surface area contributed by atoms with Crippen molar-refractivity contribution < 1.29 is 0 Å². The van der Waals surface area contributed by atoms with E-state index in [-0.39, 0.29) is 0 Å². The predicted octanol–water partition coefficient (Wildman–Crippen LogP) is 8.98. The van der Waals surface area contributed by atoms with E-state index in [1.807, 2.05) is 0 Å². The molecule has 0 rings (SSSR count). The normalized spacial score (nSPS) is 12.0. The molecule has 0 saturated heterocycles. The van der Waals surface area contributed by atoms with Crippen LogP contribution in [0.5, 0.6) is 0 Å². The Morgan fingerprint density at radius 2 is 0.696 bits per heavy atom. The van der Waals surface area contributed by atoms with E-state index in [0.717, 1.165) is 0 Å². The van der Waals surface area contributed by atoms with Crippen molar-refractivity contribution in [3.8, 4) is 0 Å². The molecular weight excluding hydrogens is 383 g/mol. The van der Waals surface area contributed by atoms with Gasteiger partial charge in [0.05, 0.1) is 0 Å². The van der Waals surface area contributed by atoms with Crippen LogP contribution in [0.4, 0.5) is 0 Å². The topological polar surface area (TPSA) is 0 Å². The molecule has 0 heterocycles. The number of hydrogen-bond donors (Lipinski definition) is 0. The summed E-state index contributed by atoms with van der Waals surface area (Å²) >= 11 is -1.77. The number of unbranched alkanes of at least 4 members (excludes halogenated alkanes) is 10. The van der Waals surface area contributed by atoms with Crippen LogP contribution in [0.1, 0.15) is 118 Å². The molecule has 0 spiro atoms. The first-order valence-electron chi connectivity index (χ1n) is 11.2. The summed E-state index contributed by atoms with van der Waals surface area (Å²) in [5.41, 5.74) is 0. The zero-order valence-electron chi connectivity index (χ0n) is 17.2. The molecule has 0 aromatic carbocycles. The van der Waals surface area contributed by atoms with Crippen LogP contribution < -0.4 is 0 Å². The Balaban J connectivity index is 4.11. The Morgan fingerprint density at radius 1 is 0.348 bits per heavy atom. The van der Waals surface area contributed by atoms with Crippen molar-refractivity contribution in [2.75, 3.05) is 0 Å². The van der Waals surface area contributed by atoms with Crippen molar-refractivity contribution in [2.45, 2.75) is 135 Å². The zero-order valence-corrected chi connectivity index (χ0v) is 20.1. The average Bonchev–Trinajstić information content (AvgIpc) is 2.54. The second kappa shape index (κ2) is 17.6. The van der Waals surface area contributed by atoms with Crippen molar-refractivity contribution in [3.63, 3.8) is 0 Å². The van der Waals surface area contributed by atoms with Crippen molar-refractivity contribution >= 4 is 18.4 Å². The fraction of sp³-hybridized carbons (Fsp3) is 1.00. The van der Waals surface area contributed by atoms with Gasteiger partial charge in [-0.25, -0.2) is 0 Å². The van der Waals surface area contributed by atoms with Crippen LogP contribution in [0.25, 0.3) is 0 Å². The Kier molecular flexibility index (Phi) is 18.2. The molecular formula is C22H48Sn. The third-order valence-electron chi connectivity index (χ3n) is 5.68. The van der Waals surface area contributed by atoms with Gasteiger partial charge in [0, 0.05) is 0 Å². The first-order chi connectivity index (χ1) is 11.2. The second-order valence-electron chi connectivity index (χ2n) is 8.04. The van der Waals surface area contributed by atoms with E-state index in [4.69, 9.17) is 0 Å². The van der Waals surface area contributed by atoms with E-state index >= 15 is 0 Å². The van der Waals surface area contributed by atoms with Crippen molar-refractivity contribution in [1.82, 2.24) is 0 Å². The quantitative estimate of drug-likeness (QED) is 0.150. The summed E-state index contributed by atoms with van der Waals surface area (Å²) in [5.74, 6) is 0. The first-order valence-corrected chi connectivity index (χ1v) is 19.3. The summed E-state index contributed by atoms with van der Waals surface area (Å²) in [7, 11) is 0. The minimum absolute atomic E-state index is 1.38. The summed E-state index contributed by atoms with van der Waals surface area (Å²) in [6.07, 6.45) is 20.8. The molecule has 0 fully saturated rings. The van der Waals surface area contributed by atoms with Gasteiger partial charge in [-0.2, -0.15) is 0 Å². The molecule has 0 saturated carbocycles. The van der Waals surface area contributed by atoms with Gasteiger partial charge in [-0.1, -0.05) is 0 Å². The molecule has 0 unspecified atom stereocenters. The molecule has 0 aliphatic heterocycles. The molecule has 140 valence electrons. The van der Waals surface area contributed by atoms with E-state index in [1.165, 1.54) is 77.0 Å². The number of hydrogen-bond acceptors (Lipinski definition) is 0. The van der Waals surface area contributed by atoms with Gasteiger partial charge in [0.25, 0.3) is 0 Å². The van der Waals surface area contributed by atoms with Gasteiger partial charge in [-0.05, 0) is 0 Å². The maximum absolute atomic E-state index is 2.45. The van der Waals surface area contributed by atoms with E-state index in [9.17, 15) is 0 Å². The third kappa shape index (κ3) is 13.7. The van der Waals surface area contributed by atoms with Crippen LogP contribution >= 0.6 is 0 Å². The fourth-order valence-electron chi connectivity index (χ4n) is 4.37. The summed E-state index contributed by atoms with van der Waals surface area (Å²) in [5, 5.41) is 0. The molecule has 0 radical (unpaired) electrons. The Labute approximate surface area is 153 Å². The van der Waals surface area contributed by atoms with E-state index in [1.54, 1.807) is 30.6 Å². The molecule has 23 heavy (non-hydrogen) atoms. The van der Waals surface area contributed by atoms with Crippen molar-refractivity contribution in [1.29, 1.82) is 0 Å². The van der Waals surface area contributed by atoms with Crippen LogP contribution in [0.15, 0.2) is 0 Å².